The number of ketones is 1. The lowest BCUT2D eigenvalue weighted by atomic mass is 9.91. The standard InChI is InChI=1S/C18H20BF3O5P2/c20-18(21,22)10-2-1-3-12(6-10)25-9-11(23)4-5-13-14-7-17(24)26-15(14)8-16(13)27-19(28)29/h1-6,13-16H,7-9,28-29H2/b5-4+/t13-,14+,15-,16+/m0/s1. The summed E-state index contributed by atoms with van der Waals surface area (Å²) in [6, 6.07) is 4.36. The van der Waals surface area contributed by atoms with Crippen molar-refractivity contribution in [1.29, 1.82) is 0 Å². The molecule has 0 aromatic heterocycles. The molecule has 1 saturated heterocycles. The van der Waals surface area contributed by atoms with E-state index in [4.69, 9.17) is 14.1 Å². The molecular formula is C18H20BF3O5P2. The summed E-state index contributed by atoms with van der Waals surface area (Å²) < 4.78 is 54.6. The third-order valence-corrected chi connectivity index (χ3v) is 5.24. The van der Waals surface area contributed by atoms with E-state index in [1.165, 1.54) is 18.2 Å². The molecule has 6 atom stereocenters. The van der Waals surface area contributed by atoms with Crippen LogP contribution in [0.2, 0.25) is 0 Å². The maximum absolute atomic E-state index is 12.7. The predicted octanol–water partition coefficient (Wildman–Crippen LogP) is 3.28. The van der Waals surface area contributed by atoms with Crippen LogP contribution in [0.15, 0.2) is 36.4 Å². The Labute approximate surface area is 171 Å². The van der Waals surface area contributed by atoms with Crippen LogP contribution in [0.25, 0.3) is 0 Å². The van der Waals surface area contributed by atoms with Crippen molar-refractivity contribution in [3.05, 3.63) is 42.0 Å². The second kappa shape index (κ2) is 9.15. The van der Waals surface area contributed by atoms with E-state index < -0.39 is 24.1 Å². The largest absolute Gasteiger partial charge is 0.485 e. The van der Waals surface area contributed by atoms with Crippen molar-refractivity contribution in [2.45, 2.75) is 31.2 Å². The number of halogens is 3. The lowest BCUT2D eigenvalue weighted by Gasteiger charge is -2.21. The molecule has 5 nitrogen and oxygen atoms in total. The summed E-state index contributed by atoms with van der Waals surface area (Å²) in [4.78, 5) is 23.7. The number of rotatable bonds is 7. The molecule has 0 bridgehead atoms. The fourth-order valence-corrected chi connectivity index (χ4v) is 4.10. The Bertz CT molecular complexity index is 802. The summed E-state index contributed by atoms with van der Waals surface area (Å²) in [6.45, 7) is -0.393. The highest BCUT2D eigenvalue weighted by atomic mass is 31.1. The third-order valence-electron chi connectivity index (χ3n) is 4.93. The molecule has 0 N–H and O–H groups in total. The number of fused-ring (bicyclic) bond motifs is 1. The molecule has 3 rings (SSSR count). The van der Waals surface area contributed by atoms with Crippen LogP contribution in [0, 0.1) is 11.8 Å². The van der Waals surface area contributed by atoms with Gasteiger partial charge in [0.25, 0.3) is 0 Å². The Balaban J connectivity index is 1.61. The van der Waals surface area contributed by atoms with Gasteiger partial charge in [-0.05, 0) is 24.3 Å². The smallest absolute Gasteiger partial charge is 0.416 e. The van der Waals surface area contributed by atoms with Gasteiger partial charge >= 0.3 is 18.5 Å². The average Bonchev–Trinajstić information content (AvgIpc) is 3.13. The number of benzene rings is 1. The van der Waals surface area contributed by atoms with Crippen molar-refractivity contribution in [3.8, 4) is 5.75 Å². The zero-order chi connectivity index (χ0) is 21.2. The molecule has 11 heteroatoms. The van der Waals surface area contributed by atoms with E-state index in [-0.39, 0.29) is 48.5 Å². The maximum Gasteiger partial charge on any atom is 0.416 e. The van der Waals surface area contributed by atoms with E-state index in [0.717, 1.165) is 12.1 Å². The van der Waals surface area contributed by atoms with Crippen molar-refractivity contribution in [3.63, 3.8) is 0 Å². The molecule has 2 fully saturated rings. The lowest BCUT2D eigenvalue weighted by Crippen LogP contribution is -2.24. The molecule has 0 amide bonds. The van der Waals surface area contributed by atoms with Gasteiger partial charge in [-0.15, -0.1) is 18.2 Å². The topological polar surface area (TPSA) is 61.8 Å². The summed E-state index contributed by atoms with van der Waals surface area (Å²) in [6.07, 6.45) is -1.24. The molecule has 29 heavy (non-hydrogen) atoms. The molecule has 1 aliphatic carbocycles. The van der Waals surface area contributed by atoms with Crippen molar-refractivity contribution >= 4 is 36.3 Å². The van der Waals surface area contributed by atoms with Gasteiger partial charge < -0.3 is 14.1 Å². The number of esters is 1. The SMILES string of the molecule is O=C(/C=C/[C@H]1[C@H]2CC(=O)O[C@H]2C[C@H]1OB(P)P)COc1cccc(C(F)(F)F)c1. The number of ether oxygens (including phenoxy) is 2. The first-order valence-corrected chi connectivity index (χ1v) is 10.3. The Kier molecular flexibility index (Phi) is 7.03. The number of hydrogen-bond acceptors (Lipinski definition) is 5. The molecule has 1 aliphatic heterocycles. The predicted molar refractivity (Wildman–Crippen MR) is 107 cm³/mol. The molecule has 156 valence electrons. The van der Waals surface area contributed by atoms with Gasteiger partial charge in [-0.3, -0.25) is 9.59 Å². The first-order chi connectivity index (χ1) is 13.6. The zero-order valence-corrected chi connectivity index (χ0v) is 17.6. The van der Waals surface area contributed by atoms with Crippen molar-refractivity contribution in [1.82, 2.24) is 0 Å². The highest BCUT2D eigenvalue weighted by Gasteiger charge is 2.49. The fourth-order valence-electron chi connectivity index (χ4n) is 3.69. The molecule has 1 aromatic carbocycles. The molecule has 0 radical (unpaired) electrons. The van der Waals surface area contributed by atoms with E-state index in [1.807, 2.05) is 0 Å². The summed E-state index contributed by atoms with van der Waals surface area (Å²) in [5.41, 5.74) is -0.842. The quantitative estimate of drug-likeness (QED) is 0.279. The van der Waals surface area contributed by atoms with E-state index in [2.05, 4.69) is 18.2 Å². The molecule has 1 heterocycles. The molecule has 2 aliphatic rings. The molecular weight excluding hydrogens is 426 g/mol. The summed E-state index contributed by atoms with van der Waals surface area (Å²) in [7, 11) is 5.01. The van der Waals surface area contributed by atoms with Crippen molar-refractivity contribution in [2.24, 2.45) is 11.8 Å². The average molecular weight is 446 g/mol. The van der Waals surface area contributed by atoms with E-state index in [1.54, 1.807) is 6.08 Å². The van der Waals surface area contributed by atoms with Gasteiger partial charge in [0, 0.05) is 18.3 Å². The second-order valence-corrected chi connectivity index (χ2v) is 9.07. The van der Waals surface area contributed by atoms with Crippen LogP contribution in [0.4, 0.5) is 13.2 Å². The molecule has 1 saturated carbocycles. The van der Waals surface area contributed by atoms with Crippen LogP contribution in [0.1, 0.15) is 18.4 Å². The third kappa shape index (κ3) is 5.81. The molecule has 2 unspecified atom stereocenters. The van der Waals surface area contributed by atoms with Crippen LogP contribution < -0.4 is 4.74 Å². The lowest BCUT2D eigenvalue weighted by molar-refractivity contribution is -0.142. The molecule has 1 aromatic rings. The number of carbonyl (C=O) groups is 2. The zero-order valence-electron chi connectivity index (χ0n) is 15.3. The van der Waals surface area contributed by atoms with Crippen LogP contribution in [0.3, 0.4) is 0 Å². The second-order valence-electron chi connectivity index (χ2n) is 6.99. The first-order valence-electron chi connectivity index (χ1n) is 9.00. The maximum atomic E-state index is 12.7. The van der Waals surface area contributed by atoms with Crippen molar-refractivity contribution in [2.75, 3.05) is 6.61 Å². The van der Waals surface area contributed by atoms with Crippen LogP contribution in [-0.2, 0) is 25.2 Å². The van der Waals surface area contributed by atoms with Gasteiger partial charge in [-0.2, -0.15) is 13.2 Å². The summed E-state index contributed by atoms with van der Waals surface area (Å²) >= 11 is 0. The highest BCUT2D eigenvalue weighted by Crippen LogP contribution is 2.44. The number of alkyl halides is 3. The first kappa shape index (κ1) is 22.3. The minimum Gasteiger partial charge on any atom is -0.485 e. The van der Waals surface area contributed by atoms with E-state index in [0.29, 0.717) is 6.42 Å². The van der Waals surface area contributed by atoms with Crippen LogP contribution in [0.5, 0.6) is 5.75 Å². The number of hydrogen-bond donors (Lipinski definition) is 0. The van der Waals surface area contributed by atoms with Crippen LogP contribution in [-0.4, -0.2) is 36.9 Å². The minimum absolute atomic E-state index is 0.0348. The summed E-state index contributed by atoms with van der Waals surface area (Å²) in [5, 5.41) is 0. The Morgan fingerprint density at radius 1 is 1.34 bits per heavy atom. The Morgan fingerprint density at radius 2 is 2.10 bits per heavy atom. The van der Waals surface area contributed by atoms with Gasteiger partial charge in [-0.1, -0.05) is 12.1 Å². The normalized spacial score (nSPS) is 26.4. The van der Waals surface area contributed by atoms with Gasteiger partial charge in [0.15, 0.2) is 12.4 Å². The van der Waals surface area contributed by atoms with Crippen LogP contribution >= 0.6 is 18.2 Å². The van der Waals surface area contributed by atoms with Gasteiger partial charge in [0.2, 0.25) is 0 Å². The Morgan fingerprint density at radius 3 is 2.79 bits per heavy atom. The number of carbonyl (C=O) groups excluding carboxylic acids is 2. The Hall–Kier alpha value is -1.43. The monoisotopic (exact) mass is 446 g/mol. The van der Waals surface area contributed by atoms with Gasteiger partial charge in [0.05, 0.1) is 18.1 Å². The van der Waals surface area contributed by atoms with Gasteiger partial charge in [0.1, 0.15) is 11.9 Å². The van der Waals surface area contributed by atoms with Gasteiger partial charge in [-0.25, -0.2) is 0 Å². The van der Waals surface area contributed by atoms with E-state index >= 15 is 0 Å². The molecule has 0 spiro atoms. The summed E-state index contributed by atoms with van der Waals surface area (Å²) in [5.74, 6) is -0.929. The van der Waals surface area contributed by atoms with Crippen molar-refractivity contribution < 1.29 is 36.9 Å². The van der Waals surface area contributed by atoms with E-state index in [9.17, 15) is 22.8 Å². The fraction of sp³-hybridized carbons (Fsp3) is 0.444. The highest BCUT2D eigenvalue weighted by molar-refractivity contribution is 7.92. The minimum atomic E-state index is -4.48.